The molecule has 1 unspecified atom stereocenters. The number of nitrogens with zero attached hydrogens (tertiary/aromatic N) is 1. The summed E-state index contributed by atoms with van der Waals surface area (Å²) in [6.45, 7) is 5.98. The van der Waals surface area contributed by atoms with Crippen molar-refractivity contribution in [2.75, 3.05) is 26.3 Å². The summed E-state index contributed by atoms with van der Waals surface area (Å²) >= 11 is 0. The maximum absolute atomic E-state index is 12.4. The molecule has 0 aromatic heterocycles. The fourth-order valence-corrected chi connectivity index (χ4v) is 2.56. The predicted molar refractivity (Wildman–Crippen MR) is 70.6 cm³/mol. The summed E-state index contributed by atoms with van der Waals surface area (Å²) in [4.78, 5) is 26.2. The van der Waals surface area contributed by atoms with Gasteiger partial charge in [0.25, 0.3) is 0 Å². The van der Waals surface area contributed by atoms with Gasteiger partial charge < -0.3 is 20.3 Å². The molecule has 2 aliphatic rings. The van der Waals surface area contributed by atoms with Crippen LogP contribution < -0.4 is 10.6 Å². The molecule has 0 bridgehead atoms. The summed E-state index contributed by atoms with van der Waals surface area (Å²) in [7, 11) is 0. The molecule has 2 amide bonds. The van der Waals surface area contributed by atoms with E-state index in [2.05, 4.69) is 10.6 Å². The summed E-state index contributed by atoms with van der Waals surface area (Å²) in [5.41, 5.74) is 0. The minimum Gasteiger partial charge on any atom is -0.377 e. The Morgan fingerprint density at radius 1 is 1.42 bits per heavy atom. The first-order valence-corrected chi connectivity index (χ1v) is 7.01. The molecule has 2 N–H and O–H groups in total. The van der Waals surface area contributed by atoms with Gasteiger partial charge in [-0.25, -0.2) is 0 Å². The number of hydrogen-bond acceptors (Lipinski definition) is 4. The van der Waals surface area contributed by atoms with Gasteiger partial charge in [0.15, 0.2) is 0 Å². The highest BCUT2D eigenvalue weighted by Crippen LogP contribution is 2.14. The third-order valence-electron chi connectivity index (χ3n) is 3.50. The highest BCUT2D eigenvalue weighted by Gasteiger charge is 2.36. The number of amides is 2. The lowest BCUT2D eigenvalue weighted by molar-refractivity contribution is -0.150. The lowest BCUT2D eigenvalue weighted by atomic mass is 10.1. The van der Waals surface area contributed by atoms with Crippen molar-refractivity contribution in [2.45, 2.75) is 44.8 Å². The van der Waals surface area contributed by atoms with Gasteiger partial charge in [-0.15, -0.1) is 0 Å². The first kappa shape index (κ1) is 14.3. The van der Waals surface area contributed by atoms with Crippen molar-refractivity contribution in [1.29, 1.82) is 0 Å². The van der Waals surface area contributed by atoms with Crippen LogP contribution >= 0.6 is 0 Å². The first-order valence-electron chi connectivity index (χ1n) is 7.01. The van der Waals surface area contributed by atoms with E-state index in [1.54, 1.807) is 4.90 Å². The minimum atomic E-state index is -0.494. The number of carbonyl (C=O) groups excluding carboxylic acids is 2. The standard InChI is InChI=1S/C13H23N3O3/c1-9(2)15-12(17)11-8-19-7-6-16(11)13(18)10-4-3-5-14-10/h9-11,14H,3-8H2,1-2H3,(H,15,17)/t10-,11?/m0/s1. The summed E-state index contributed by atoms with van der Waals surface area (Å²) in [5.74, 6) is -0.0919. The quantitative estimate of drug-likeness (QED) is 0.724. The SMILES string of the molecule is CC(C)NC(=O)C1COCCN1C(=O)[C@@H]1CCCN1. The molecule has 0 saturated carbocycles. The zero-order chi connectivity index (χ0) is 13.8. The van der Waals surface area contributed by atoms with Gasteiger partial charge in [0.05, 0.1) is 19.3 Å². The second-order valence-electron chi connectivity index (χ2n) is 5.43. The fourth-order valence-electron chi connectivity index (χ4n) is 2.56. The molecule has 2 saturated heterocycles. The molecule has 0 aromatic rings. The van der Waals surface area contributed by atoms with E-state index >= 15 is 0 Å². The van der Waals surface area contributed by atoms with Crippen molar-refractivity contribution >= 4 is 11.8 Å². The summed E-state index contributed by atoms with van der Waals surface area (Å²) in [5, 5.41) is 6.04. The van der Waals surface area contributed by atoms with E-state index in [-0.39, 0.29) is 30.5 Å². The predicted octanol–water partition coefficient (Wildman–Crippen LogP) is -0.510. The van der Waals surface area contributed by atoms with Gasteiger partial charge in [0, 0.05) is 12.6 Å². The van der Waals surface area contributed by atoms with Crippen LogP contribution in [0.3, 0.4) is 0 Å². The van der Waals surface area contributed by atoms with Crippen molar-refractivity contribution in [1.82, 2.24) is 15.5 Å². The van der Waals surface area contributed by atoms with Crippen molar-refractivity contribution in [3.8, 4) is 0 Å². The third kappa shape index (κ3) is 3.45. The van der Waals surface area contributed by atoms with Gasteiger partial charge in [-0.1, -0.05) is 0 Å². The molecular formula is C13H23N3O3. The number of nitrogens with one attached hydrogen (secondary N) is 2. The van der Waals surface area contributed by atoms with E-state index in [9.17, 15) is 9.59 Å². The zero-order valence-electron chi connectivity index (χ0n) is 11.6. The molecule has 2 fully saturated rings. The molecule has 2 atom stereocenters. The fraction of sp³-hybridized carbons (Fsp3) is 0.846. The number of morpholine rings is 1. The lowest BCUT2D eigenvalue weighted by Gasteiger charge is -2.36. The van der Waals surface area contributed by atoms with Crippen LogP contribution in [0.5, 0.6) is 0 Å². The van der Waals surface area contributed by atoms with Crippen LogP contribution in [0.2, 0.25) is 0 Å². The second kappa shape index (κ2) is 6.34. The van der Waals surface area contributed by atoms with Gasteiger partial charge in [-0.05, 0) is 33.2 Å². The van der Waals surface area contributed by atoms with Crippen molar-refractivity contribution in [3.05, 3.63) is 0 Å². The largest absolute Gasteiger partial charge is 0.377 e. The van der Waals surface area contributed by atoms with Crippen LogP contribution in [0, 0.1) is 0 Å². The van der Waals surface area contributed by atoms with E-state index in [1.165, 1.54) is 0 Å². The van der Waals surface area contributed by atoms with E-state index in [0.29, 0.717) is 13.2 Å². The lowest BCUT2D eigenvalue weighted by Crippen LogP contribution is -2.59. The van der Waals surface area contributed by atoms with Crippen LogP contribution in [0.4, 0.5) is 0 Å². The molecule has 0 aliphatic carbocycles. The molecule has 2 aliphatic heterocycles. The molecule has 2 rings (SSSR count). The topological polar surface area (TPSA) is 70.7 Å². The molecule has 0 aromatic carbocycles. The average Bonchev–Trinajstić information content (AvgIpc) is 2.91. The molecule has 0 radical (unpaired) electrons. The van der Waals surface area contributed by atoms with E-state index in [0.717, 1.165) is 19.4 Å². The maximum atomic E-state index is 12.4. The van der Waals surface area contributed by atoms with Gasteiger partial charge in [0.2, 0.25) is 11.8 Å². The number of hydrogen-bond donors (Lipinski definition) is 2. The van der Waals surface area contributed by atoms with Crippen LogP contribution in [-0.2, 0) is 14.3 Å². The number of ether oxygens (including phenoxy) is 1. The molecule has 6 heteroatoms. The van der Waals surface area contributed by atoms with Gasteiger partial charge in [-0.2, -0.15) is 0 Å². The minimum absolute atomic E-state index is 0.0321. The summed E-state index contributed by atoms with van der Waals surface area (Å²) in [6.07, 6.45) is 1.87. The highest BCUT2D eigenvalue weighted by molar-refractivity contribution is 5.90. The second-order valence-corrected chi connectivity index (χ2v) is 5.43. The molecule has 0 spiro atoms. The summed E-state index contributed by atoms with van der Waals surface area (Å²) in [6, 6.07) is -0.561. The molecule has 6 nitrogen and oxygen atoms in total. The smallest absolute Gasteiger partial charge is 0.245 e. The Morgan fingerprint density at radius 2 is 2.21 bits per heavy atom. The van der Waals surface area contributed by atoms with E-state index < -0.39 is 6.04 Å². The monoisotopic (exact) mass is 269 g/mol. The summed E-state index contributed by atoms with van der Waals surface area (Å²) < 4.78 is 5.35. The third-order valence-corrected chi connectivity index (χ3v) is 3.50. The van der Waals surface area contributed by atoms with Crippen molar-refractivity contribution < 1.29 is 14.3 Å². The van der Waals surface area contributed by atoms with Crippen LogP contribution in [0.1, 0.15) is 26.7 Å². The Balaban J connectivity index is 2.02. The maximum Gasteiger partial charge on any atom is 0.245 e. The van der Waals surface area contributed by atoms with Crippen LogP contribution in [0.25, 0.3) is 0 Å². The number of carbonyl (C=O) groups is 2. The Kier molecular flexibility index (Phi) is 4.76. The Hall–Kier alpha value is -1.14. The van der Waals surface area contributed by atoms with E-state index in [1.807, 2.05) is 13.8 Å². The van der Waals surface area contributed by atoms with Gasteiger partial charge in [0.1, 0.15) is 6.04 Å². The van der Waals surface area contributed by atoms with Crippen molar-refractivity contribution in [3.63, 3.8) is 0 Å². The van der Waals surface area contributed by atoms with Crippen LogP contribution in [-0.4, -0.2) is 61.1 Å². The van der Waals surface area contributed by atoms with Gasteiger partial charge >= 0.3 is 0 Å². The number of rotatable bonds is 3. The normalized spacial score (nSPS) is 27.6. The Labute approximate surface area is 113 Å². The molecule has 2 heterocycles. The van der Waals surface area contributed by atoms with Gasteiger partial charge in [-0.3, -0.25) is 9.59 Å². The highest BCUT2D eigenvalue weighted by atomic mass is 16.5. The molecular weight excluding hydrogens is 246 g/mol. The Bertz CT molecular complexity index is 340. The Morgan fingerprint density at radius 3 is 2.84 bits per heavy atom. The first-order chi connectivity index (χ1) is 9.09. The molecule has 108 valence electrons. The zero-order valence-corrected chi connectivity index (χ0v) is 11.6. The molecule has 19 heavy (non-hydrogen) atoms. The van der Waals surface area contributed by atoms with E-state index in [4.69, 9.17) is 4.74 Å². The van der Waals surface area contributed by atoms with Crippen molar-refractivity contribution in [2.24, 2.45) is 0 Å². The average molecular weight is 269 g/mol. The van der Waals surface area contributed by atoms with Crippen LogP contribution in [0.15, 0.2) is 0 Å².